The topological polar surface area (TPSA) is 46.2 Å². The molecule has 1 amide bonds. The molecule has 1 aromatic carbocycles. The molecule has 2 aromatic heterocycles. The number of rotatable bonds is 5. The third kappa shape index (κ3) is 3.77. The first-order valence-electron chi connectivity index (χ1n) is 6.85. The highest BCUT2D eigenvalue weighted by Gasteiger charge is 2.14. The van der Waals surface area contributed by atoms with Crippen molar-refractivity contribution in [3.8, 4) is 0 Å². The molecule has 0 atom stereocenters. The fraction of sp³-hybridized carbons (Fsp3) is 0.0588. The van der Waals surface area contributed by atoms with Gasteiger partial charge in [-0.2, -0.15) is 0 Å². The minimum absolute atomic E-state index is 0.0355. The van der Waals surface area contributed by atoms with E-state index in [9.17, 15) is 9.59 Å². The Bertz CT molecular complexity index is 840. The summed E-state index contributed by atoms with van der Waals surface area (Å²) >= 11 is 6.21. The van der Waals surface area contributed by atoms with Gasteiger partial charge in [-0.25, -0.2) is 0 Å². The maximum Gasteiger partial charge on any atom is 0.252 e. The van der Waals surface area contributed by atoms with Crippen LogP contribution >= 0.6 is 38.6 Å². The fourth-order valence-electron chi connectivity index (χ4n) is 2.03. The highest BCUT2D eigenvalue weighted by atomic mass is 79.9. The Morgan fingerprint density at radius 1 is 1.00 bits per heavy atom. The van der Waals surface area contributed by atoms with E-state index >= 15 is 0 Å². The van der Waals surface area contributed by atoms with Crippen molar-refractivity contribution in [3.63, 3.8) is 0 Å². The van der Waals surface area contributed by atoms with E-state index in [0.29, 0.717) is 17.0 Å². The molecule has 0 aliphatic heterocycles. The van der Waals surface area contributed by atoms with Crippen LogP contribution in [0.15, 0.2) is 58.4 Å². The van der Waals surface area contributed by atoms with Crippen molar-refractivity contribution >= 4 is 50.3 Å². The van der Waals surface area contributed by atoms with Crippen LogP contribution in [-0.2, 0) is 6.54 Å². The summed E-state index contributed by atoms with van der Waals surface area (Å²) in [4.78, 5) is 26.8. The van der Waals surface area contributed by atoms with Crippen molar-refractivity contribution in [1.82, 2.24) is 5.32 Å². The fourth-order valence-corrected chi connectivity index (χ4v) is 4.14. The highest BCUT2D eigenvalue weighted by Crippen LogP contribution is 2.22. The first-order chi connectivity index (χ1) is 11.1. The first-order valence-corrected chi connectivity index (χ1v) is 9.33. The molecule has 0 radical (unpaired) electrons. The molecule has 3 aromatic rings. The lowest BCUT2D eigenvalue weighted by Crippen LogP contribution is -2.22. The maximum atomic E-state index is 12.3. The lowest BCUT2D eigenvalue weighted by atomic mass is 10.2. The average molecular weight is 406 g/mol. The lowest BCUT2D eigenvalue weighted by Gasteiger charge is -2.05. The zero-order chi connectivity index (χ0) is 16.2. The molecule has 2 heterocycles. The van der Waals surface area contributed by atoms with Gasteiger partial charge < -0.3 is 5.32 Å². The first kappa shape index (κ1) is 16.1. The number of thiophene rings is 2. The zero-order valence-electron chi connectivity index (χ0n) is 11.9. The van der Waals surface area contributed by atoms with Crippen LogP contribution in [0.25, 0.3) is 0 Å². The summed E-state index contributed by atoms with van der Waals surface area (Å²) in [5.74, 6) is -0.106. The van der Waals surface area contributed by atoms with E-state index in [1.165, 1.54) is 22.7 Å². The molecule has 6 heteroatoms. The monoisotopic (exact) mass is 405 g/mol. The van der Waals surface area contributed by atoms with Crippen LogP contribution in [0.5, 0.6) is 0 Å². The number of carbonyl (C=O) groups is 2. The van der Waals surface area contributed by atoms with E-state index in [-0.39, 0.29) is 11.7 Å². The summed E-state index contributed by atoms with van der Waals surface area (Å²) in [6.45, 7) is 0.405. The van der Waals surface area contributed by atoms with Crippen molar-refractivity contribution in [1.29, 1.82) is 0 Å². The number of benzene rings is 1. The Kier molecular flexibility index (Phi) is 5.05. The van der Waals surface area contributed by atoms with Crippen molar-refractivity contribution in [2.24, 2.45) is 0 Å². The van der Waals surface area contributed by atoms with Crippen LogP contribution in [0.4, 0.5) is 0 Å². The normalized spacial score (nSPS) is 10.5. The van der Waals surface area contributed by atoms with Crippen molar-refractivity contribution in [2.45, 2.75) is 6.54 Å². The molecule has 0 aliphatic carbocycles. The van der Waals surface area contributed by atoms with Gasteiger partial charge in [-0.05, 0) is 51.6 Å². The van der Waals surface area contributed by atoms with E-state index < -0.39 is 0 Å². The van der Waals surface area contributed by atoms with E-state index in [1.807, 2.05) is 47.8 Å². The quantitative estimate of drug-likeness (QED) is 0.623. The third-order valence-corrected chi connectivity index (χ3v) is 5.82. The molecule has 23 heavy (non-hydrogen) atoms. The molecule has 0 unspecified atom stereocenters. The van der Waals surface area contributed by atoms with E-state index in [2.05, 4.69) is 21.2 Å². The largest absolute Gasteiger partial charge is 0.347 e. The number of hydrogen-bond acceptors (Lipinski definition) is 4. The third-order valence-electron chi connectivity index (χ3n) is 3.17. The van der Waals surface area contributed by atoms with Crippen LogP contribution in [0.1, 0.15) is 29.8 Å². The van der Waals surface area contributed by atoms with E-state index in [4.69, 9.17) is 0 Å². The SMILES string of the molecule is O=C(c1cccs1)c1ccc(CNC(=O)c2ccccc2Br)s1. The van der Waals surface area contributed by atoms with Gasteiger partial charge in [0.05, 0.1) is 21.9 Å². The Morgan fingerprint density at radius 3 is 2.57 bits per heavy atom. The standard InChI is InChI=1S/C17H12BrNO2S2/c18-13-5-2-1-4-12(13)17(21)19-10-11-7-8-15(23-11)16(20)14-6-3-9-22-14/h1-9H,10H2,(H,19,21). The Hall–Kier alpha value is -1.76. The number of ketones is 1. The zero-order valence-corrected chi connectivity index (χ0v) is 15.1. The van der Waals surface area contributed by atoms with Crippen LogP contribution in [0.2, 0.25) is 0 Å². The van der Waals surface area contributed by atoms with Crippen LogP contribution in [0, 0.1) is 0 Å². The minimum Gasteiger partial charge on any atom is -0.347 e. The second-order valence-corrected chi connectivity index (χ2v) is 7.71. The van der Waals surface area contributed by atoms with Crippen molar-refractivity contribution < 1.29 is 9.59 Å². The number of nitrogens with one attached hydrogen (secondary N) is 1. The molecular weight excluding hydrogens is 394 g/mol. The van der Waals surface area contributed by atoms with Gasteiger partial charge in [0.1, 0.15) is 0 Å². The molecule has 0 bridgehead atoms. The maximum absolute atomic E-state index is 12.3. The molecule has 3 nitrogen and oxygen atoms in total. The molecule has 1 N–H and O–H groups in total. The smallest absolute Gasteiger partial charge is 0.252 e. The number of hydrogen-bond donors (Lipinski definition) is 1. The molecule has 0 aliphatic rings. The molecule has 3 rings (SSSR count). The Balaban J connectivity index is 1.65. The summed E-state index contributed by atoms with van der Waals surface area (Å²) in [7, 11) is 0. The average Bonchev–Trinajstić information content (AvgIpc) is 3.24. The van der Waals surface area contributed by atoms with Crippen LogP contribution < -0.4 is 5.32 Å². The summed E-state index contributed by atoms with van der Waals surface area (Å²) in [5, 5.41) is 4.76. The predicted octanol–water partition coefficient (Wildman–Crippen LogP) is 4.73. The van der Waals surface area contributed by atoms with Gasteiger partial charge >= 0.3 is 0 Å². The van der Waals surface area contributed by atoms with Gasteiger partial charge in [0.2, 0.25) is 5.78 Å². The Labute approximate surface area is 150 Å². The number of halogens is 1. The summed E-state index contributed by atoms with van der Waals surface area (Å²) < 4.78 is 0.761. The van der Waals surface area contributed by atoms with E-state index in [0.717, 1.165) is 14.2 Å². The molecule has 0 saturated carbocycles. The molecule has 0 fully saturated rings. The van der Waals surface area contributed by atoms with Gasteiger partial charge in [-0.1, -0.05) is 18.2 Å². The van der Waals surface area contributed by atoms with Gasteiger partial charge in [0.25, 0.3) is 5.91 Å². The number of carbonyl (C=O) groups excluding carboxylic acids is 2. The minimum atomic E-state index is -0.142. The van der Waals surface area contributed by atoms with Crippen molar-refractivity contribution in [3.05, 3.63) is 78.6 Å². The predicted molar refractivity (Wildman–Crippen MR) is 97.4 cm³/mol. The van der Waals surface area contributed by atoms with Gasteiger partial charge in [0, 0.05) is 9.35 Å². The van der Waals surface area contributed by atoms with Gasteiger partial charge in [0.15, 0.2) is 0 Å². The second kappa shape index (κ2) is 7.21. The molecule has 116 valence electrons. The molecular formula is C17H12BrNO2S2. The lowest BCUT2D eigenvalue weighted by molar-refractivity contribution is 0.0950. The Morgan fingerprint density at radius 2 is 1.83 bits per heavy atom. The summed E-state index contributed by atoms with van der Waals surface area (Å²) in [6, 6.07) is 14.7. The van der Waals surface area contributed by atoms with Crippen LogP contribution in [-0.4, -0.2) is 11.7 Å². The van der Waals surface area contributed by atoms with Gasteiger partial charge in [-0.3, -0.25) is 9.59 Å². The second-order valence-electron chi connectivity index (χ2n) is 4.73. The van der Waals surface area contributed by atoms with Crippen LogP contribution in [0.3, 0.4) is 0 Å². The summed E-state index contributed by atoms with van der Waals surface area (Å²) in [6.07, 6.45) is 0. The van der Waals surface area contributed by atoms with E-state index in [1.54, 1.807) is 6.07 Å². The number of amides is 1. The molecule has 0 saturated heterocycles. The summed E-state index contributed by atoms with van der Waals surface area (Å²) in [5.41, 5.74) is 0.596. The molecule has 0 spiro atoms. The van der Waals surface area contributed by atoms with Gasteiger partial charge in [-0.15, -0.1) is 22.7 Å². The van der Waals surface area contributed by atoms with Crippen molar-refractivity contribution in [2.75, 3.05) is 0 Å². The highest BCUT2D eigenvalue weighted by molar-refractivity contribution is 9.10.